The maximum Gasteiger partial charge on any atom is 0.191 e. The number of ether oxygens (including phenoxy) is 3. The molecule has 1 aromatic rings. The lowest BCUT2D eigenvalue weighted by Gasteiger charge is -2.19. The van der Waals surface area contributed by atoms with Crippen LogP contribution in [0.25, 0.3) is 0 Å². The fourth-order valence-corrected chi connectivity index (χ4v) is 3.33. The summed E-state index contributed by atoms with van der Waals surface area (Å²) >= 11 is 0. The number of halogens is 1. The van der Waals surface area contributed by atoms with E-state index in [2.05, 4.69) is 39.6 Å². The fourth-order valence-electron chi connectivity index (χ4n) is 3.33. The summed E-state index contributed by atoms with van der Waals surface area (Å²) in [6.07, 6.45) is 2.04. The molecule has 0 bridgehead atoms. The van der Waals surface area contributed by atoms with Crippen molar-refractivity contribution >= 4 is 29.9 Å². The Balaban J connectivity index is 0.00000420. The van der Waals surface area contributed by atoms with Gasteiger partial charge in [0.25, 0.3) is 0 Å². The van der Waals surface area contributed by atoms with E-state index < -0.39 is 0 Å². The van der Waals surface area contributed by atoms with Crippen LogP contribution in [0.3, 0.4) is 0 Å². The highest BCUT2D eigenvalue weighted by Crippen LogP contribution is 2.24. The first-order valence-electron chi connectivity index (χ1n) is 10.2. The van der Waals surface area contributed by atoms with Crippen LogP contribution in [0.15, 0.2) is 23.2 Å². The first-order valence-corrected chi connectivity index (χ1v) is 10.2. The van der Waals surface area contributed by atoms with Crippen LogP contribution in [0.2, 0.25) is 0 Å². The summed E-state index contributed by atoms with van der Waals surface area (Å²) in [6, 6.07) is 6.46. The SMILES string of the molecule is CCNC(=NCCCOCC)NC1CCN(Cc2cc(OC)cc(OC)c2)C1.I. The zero-order valence-corrected chi connectivity index (χ0v) is 20.5. The number of methoxy groups -OCH3 is 2. The second-order valence-corrected chi connectivity index (χ2v) is 6.90. The molecule has 0 radical (unpaired) electrons. The Morgan fingerprint density at radius 3 is 2.52 bits per heavy atom. The number of guanidine groups is 1. The number of benzene rings is 1. The van der Waals surface area contributed by atoms with E-state index in [1.807, 2.05) is 13.0 Å². The second-order valence-electron chi connectivity index (χ2n) is 6.90. The van der Waals surface area contributed by atoms with Crippen LogP contribution in [0.5, 0.6) is 11.5 Å². The predicted octanol–water partition coefficient (Wildman–Crippen LogP) is 2.88. The molecule has 1 aromatic carbocycles. The van der Waals surface area contributed by atoms with E-state index in [4.69, 9.17) is 14.2 Å². The van der Waals surface area contributed by atoms with Crippen molar-refractivity contribution in [3.8, 4) is 11.5 Å². The van der Waals surface area contributed by atoms with Gasteiger partial charge in [-0.05, 0) is 44.4 Å². The smallest absolute Gasteiger partial charge is 0.191 e. The molecule has 1 aliphatic heterocycles. The lowest BCUT2D eigenvalue weighted by Crippen LogP contribution is -2.44. The minimum atomic E-state index is 0. The normalized spacial score (nSPS) is 17.0. The van der Waals surface area contributed by atoms with Crippen LogP contribution in [0, 0.1) is 0 Å². The number of likely N-dealkylation sites (tertiary alicyclic amines) is 1. The highest BCUT2D eigenvalue weighted by atomic mass is 127. The highest BCUT2D eigenvalue weighted by molar-refractivity contribution is 14.0. The first-order chi connectivity index (χ1) is 13.7. The standard InChI is InChI=1S/C21H36N4O3.HI/c1-5-22-21(23-9-7-11-28-6-2)24-18-8-10-25(16-18)15-17-12-19(26-3)14-20(13-17)27-4;/h12-14,18H,5-11,15-16H2,1-4H3,(H2,22,23,24);1H. The van der Waals surface area contributed by atoms with E-state index in [1.54, 1.807) is 14.2 Å². The summed E-state index contributed by atoms with van der Waals surface area (Å²) in [5.41, 5.74) is 1.20. The average Bonchev–Trinajstić information content (AvgIpc) is 3.14. The third kappa shape index (κ3) is 9.39. The van der Waals surface area contributed by atoms with Crippen molar-refractivity contribution < 1.29 is 14.2 Å². The van der Waals surface area contributed by atoms with Crippen LogP contribution in [0.1, 0.15) is 32.3 Å². The lowest BCUT2D eigenvalue weighted by molar-refractivity contribution is 0.146. The number of aliphatic imine (C=N–C) groups is 1. The summed E-state index contributed by atoms with van der Waals surface area (Å²) < 4.78 is 16.1. The van der Waals surface area contributed by atoms with Crippen LogP contribution in [0.4, 0.5) is 0 Å². The minimum absolute atomic E-state index is 0. The van der Waals surface area contributed by atoms with Gasteiger partial charge >= 0.3 is 0 Å². The van der Waals surface area contributed by atoms with Gasteiger partial charge in [-0.1, -0.05) is 0 Å². The maximum absolute atomic E-state index is 5.38. The second kappa shape index (κ2) is 14.7. The number of hydrogen-bond acceptors (Lipinski definition) is 5. The first kappa shape index (κ1) is 25.8. The van der Waals surface area contributed by atoms with E-state index in [-0.39, 0.29) is 24.0 Å². The van der Waals surface area contributed by atoms with Crippen LogP contribution in [-0.4, -0.2) is 70.5 Å². The van der Waals surface area contributed by atoms with Crippen molar-refractivity contribution in [1.82, 2.24) is 15.5 Å². The van der Waals surface area contributed by atoms with E-state index >= 15 is 0 Å². The van der Waals surface area contributed by atoms with Crippen molar-refractivity contribution in [2.75, 3.05) is 53.6 Å². The van der Waals surface area contributed by atoms with Gasteiger partial charge < -0.3 is 24.8 Å². The summed E-state index contributed by atoms with van der Waals surface area (Å²) in [7, 11) is 3.37. The molecule has 1 heterocycles. The number of hydrogen-bond donors (Lipinski definition) is 2. The van der Waals surface area contributed by atoms with Gasteiger partial charge in [0.2, 0.25) is 0 Å². The Morgan fingerprint density at radius 2 is 1.90 bits per heavy atom. The molecular weight excluding hydrogens is 483 g/mol. The van der Waals surface area contributed by atoms with Crippen LogP contribution in [-0.2, 0) is 11.3 Å². The molecular formula is C21H37IN4O3. The van der Waals surface area contributed by atoms with Crippen LogP contribution < -0.4 is 20.1 Å². The Labute approximate surface area is 192 Å². The maximum atomic E-state index is 5.38. The quantitative estimate of drug-likeness (QED) is 0.203. The molecule has 2 N–H and O–H groups in total. The molecule has 166 valence electrons. The molecule has 1 aliphatic rings. The van der Waals surface area contributed by atoms with Crippen molar-refractivity contribution in [3.63, 3.8) is 0 Å². The summed E-state index contributed by atoms with van der Waals surface area (Å²) in [5, 5.41) is 6.92. The summed E-state index contributed by atoms with van der Waals surface area (Å²) in [5.74, 6) is 2.56. The van der Waals surface area contributed by atoms with Crippen molar-refractivity contribution in [2.24, 2.45) is 4.99 Å². The third-order valence-corrected chi connectivity index (χ3v) is 4.70. The molecule has 0 aliphatic carbocycles. The fraction of sp³-hybridized carbons (Fsp3) is 0.667. The number of nitrogens with zero attached hydrogens (tertiary/aromatic N) is 2. The molecule has 0 spiro atoms. The van der Waals surface area contributed by atoms with Crippen LogP contribution >= 0.6 is 24.0 Å². The van der Waals surface area contributed by atoms with Gasteiger partial charge in [0.15, 0.2) is 5.96 Å². The molecule has 0 amide bonds. The van der Waals surface area contributed by atoms with Gasteiger partial charge in [0.1, 0.15) is 11.5 Å². The molecule has 29 heavy (non-hydrogen) atoms. The third-order valence-electron chi connectivity index (χ3n) is 4.70. The molecule has 8 heteroatoms. The number of rotatable bonds is 11. The number of nitrogens with one attached hydrogen (secondary N) is 2. The average molecular weight is 520 g/mol. The van der Waals surface area contributed by atoms with Gasteiger partial charge in [0.05, 0.1) is 14.2 Å². The van der Waals surface area contributed by atoms with Crippen molar-refractivity contribution in [1.29, 1.82) is 0 Å². The Morgan fingerprint density at radius 1 is 1.17 bits per heavy atom. The van der Waals surface area contributed by atoms with Crippen molar-refractivity contribution in [2.45, 2.75) is 39.3 Å². The molecule has 2 rings (SSSR count). The van der Waals surface area contributed by atoms with Gasteiger partial charge in [-0.2, -0.15) is 0 Å². The largest absolute Gasteiger partial charge is 0.497 e. The van der Waals surface area contributed by atoms with E-state index in [0.717, 1.165) is 76.2 Å². The molecule has 7 nitrogen and oxygen atoms in total. The van der Waals surface area contributed by atoms with Gasteiger partial charge in [-0.15, -0.1) is 24.0 Å². The topological polar surface area (TPSA) is 67.4 Å². The zero-order chi connectivity index (χ0) is 20.2. The zero-order valence-electron chi connectivity index (χ0n) is 18.2. The van der Waals surface area contributed by atoms with E-state index in [9.17, 15) is 0 Å². The summed E-state index contributed by atoms with van der Waals surface area (Å²) in [4.78, 5) is 7.11. The Bertz CT molecular complexity index is 593. The highest BCUT2D eigenvalue weighted by Gasteiger charge is 2.23. The van der Waals surface area contributed by atoms with Gasteiger partial charge in [0, 0.05) is 58.0 Å². The molecule has 0 saturated carbocycles. The van der Waals surface area contributed by atoms with E-state index in [0.29, 0.717) is 6.04 Å². The van der Waals surface area contributed by atoms with E-state index in [1.165, 1.54) is 5.56 Å². The molecule has 1 fully saturated rings. The molecule has 1 atom stereocenters. The van der Waals surface area contributed by atoms with Gasteiger partial charge in [-0.3, -0.25) is 9.89 Å². The van der Waals surface area contributed by atoms with Crippen molar-refractivity contribution in [3.05, 3.63) is 23.8 Å². The Hall–Kier alpha value is -1.26. The monoisotopic (exact) mass is 520 g/mol. The summed E-state index contributed by atoms with van der Waals surface area (Å²) in [6.45, 7) is 10.2. The minimum Gasteiger partial charge on any atom is -0.497 e. The molecule has 1 saturated heterocycles. The predicted molar refractivity (Wildman–Crippen MR) is 129 cm³/mol. The Kier molecular flexibility index (Phi) is 13.0. The van der Waals surface area contributed by atoms with Gasteiger partial charge in [-0.25, -0.2) is 0 Å². The molecule has 0 aromatic heterocycles. The molecule has 1 unspecified atom stereocenters. The lowest BCUT2D eigenvalue weighted by atomic mass is 10.2.